The van der Waals surface area contributed by atoms with Crippen LogP contribution in [0.3, 0.4) is 0 Å². The lowest BCUT2D eigenvalue weighted by Crippen LogP contribution is -1.96. The fourth-order valence-electron chi connectivity index (χ4n) is 2.18. The molecule has 2 aromatic rings. The van der Waals surface area contributed by atoms with Gasteiger partial charge in [0.15, 0.2) is 0 Å². The maximum absolute atomic E-state index is 8.99. The Morgan fingerprint density at radius 2 is 2.00 bits per heavy atom. The summed E-state index contributed by atoms with van der Waals surface area (Å²) in [4.78, 5) is 1.17. The van der Waals surface area contributed by atoms with E-state index in [-0.39, 0.29) is 5.38 Å². The molecule has 0 radical (unpaired) electrons. The number of halogens is 1. The first-order valence-corrected chi connectivity index (χ1v) is 7.10. The molecule has 0 aliphatic carbocycles. The van der Waals surface area contributed by atoms with Crippen LogP contribution in [0.25, 0.3) is 0 Å². The van der Waals surface area contributed by atoms with Gasteiger partial charge in [-0.05, 0) is 34.9 Å². The first kappa shape index (κ1) is 11.6. The van der Waals surface area contributed by atoms with Crippen LogP contribution in [0.5, 0.6) is 0 Å². The molecule has 0 fully saturated rings. The van der Waals surface area contributed by atoms with Gasteiger partial charge in [0, 0.05) is 10.6 Å². The molecule has 1 atom stereocenters. The average Bonchev–Trinajstić information content (AvgIpc) is 2.57. The molecule has 1 heterocycles. The molecule has 0 bridgehead atoms. The Kier molecular flexibility index (Phi) is 3.03. The molecule has 1 unspecified atom stereocenters. The van der Waals surface area contributed by atoms with Crippen molar-refractivity contribution in [2.75, 3.05) is 0 Å². The predicted molar refractivity (Wildman–Crippen MR) is 74.9 cm³/mol. The predicted octanol–water partition coefficient (Wildman–Crippen LogP) is 4.49. The summed E-state index contributed by atoms with van der Waals surface area (Å²) in [6, 6.07) is 16.2. The van der Waals surface area contributed by atoms with E-state index in [2.05, 4.69) is 18.2 Å². The Labute approximate surface area is 115 Å². The monoisotopic (exact) mass is 271 g/mol. The van der Waals surface area contributed by atoms with E-state index in [1.165, 1.54) is 10.5 Å². The standard InChI is InChI=1S/C15H10ClNS/c16-15-12-4-2-1-3-11(12)9-18-14-6-5-10(8-17)7-13(14)15/h1-7,15H,9H2. The second kappa shape index (κ2) is 4.68. The highest BCUT2D eigenvalue weighted by Gasteiger charge is 2.22. The summed E-state index contributed by atoms with van der Waals surface area (Å²) in [5.41, 5.74) is 4.14. The minimum absolute atomic E-state index is 0.167. The van der Waals surface area contributed by atoms with Crippen molar-refractivity contribution < 1.29 is 0 Å². The number of fused-ring (bicyclic) bond motifs is 2. The highest BCUT2D eigenvalue weighted by molar-refractivity contribution is 7.98. The van der Waals surface area contributed by atoms with Gasteiger partial charge in [-0.15, -0.1) is 23.4 Å². The van der Waals surface area contributed by atoms with Crippen LogP contribution in [0.4, 0.5) is 0 Å². The van der Waals surface area contributed by atoms with E-state index in [0.717, 1.165) is 16.9 Å². The fourth-order valence-corrected chi connectivity index (χ4v) is 3.72. The maximum atomic E-state index is 8.99. The molecule has 0 N–H and O–H groups in total. The Morgan fingerprint density at radius 3 is 2.83 bits per heavy atom. The summed E-state index contributed by atoms with van der Waals surface area (Å²) in [7, 11) is 0. The zero-order valence-electron chi connectivity index (χ0n) is 9.56. The summed E-state index contributed by atoms with van der Waals surface area (Å²) in [6.07, 6.45) is 0. The van der Waals surface area contributed by atoms with Gasteiger partial charge in [-0.2, -0.15) is 5.26 Å². The average molecular weight is 272 g/mol. The van der Waals surface area contributed by atoms with Gasteiger partial charge < -0.3 is 0 Å². The van der Waals surface area contributed by atoms with E-state index in [0.29, 0.717) is 5.56 Å². The molecule has 3 heteroatoms. The lowest BCUT2D eigenvalue weighted by atomic mass is 9.99. The first-order valence-electron chi connectivity index (χ1n) is 5.68. The Morgan fingerprint density at radius 1 is 1.17 bits per heavy atom. The van der Waals surface area contributed by atoms with Crippen molar-refractivity contribution in [3.63, 3.8) is 0 Å². The highest BCUT2D eigenvalue weighted by atomic mass is 35.5. The van der Waals surface area contributed by atoms with Crippen LogP contribution in [0.2, 0.25) is 0 Å². The van der Waals surface area contributed by atoms with Crippen LogP contribution in [0.1, 0.15) is 27.6 Å². The van der Waals surface area contributed by atoms with Gasteiger partial charge in [0.2, 0.25) is 0 Å². The molecular formula is C15H10ClNS. The topological polar surface area (TPSA) is 23.8 Å². The van der Waals surface area contributed by atoms with Crippen LogP contribution in [0, 0.1) is 11.3 Å². The summed E-state index contributed by atoms with van der Waals surface area (Å²) >= 11 is 8.37. The molecule has 0 saturated carbocycles. The molecule has 0 aromatic heterocycles. The van der Waals surface area contributed by atoms with Crippen LogP contribution in [-0.4, -0.2) is 0 Å². The third-order valence-electron chi connectivity index (χ3n) is 3.12. The van der Waals surface area contributed by atoms with E-state index in [1.54, 1.807) is 11.8 Å². The van der Waals surface area contributed by atoms with Gasteiger partial charge in [-0.1, -0.05) is 24.3 Å². The number of thioether (sulfide) groups is 1. The Bertz CT molecular complexity index is 645. The first-order chi connectivity index (χ1) is 8.79. The smallest absolute Gasteiger partial charge is 0.0991 e. The van der Waals surface area contributed by atoms with Crippen molar-refractivity contribution in [1.82, 2.24) is 0 Å². The van der Waals surface area contributed by atoms with Gasteiger partial charge in [0.1, 0.15) is 0 Å². The second-order valence-corrected chi connectivity index (χ2v) is 5.67. The molecule has 88 valence electrons. The van der Waals surface area contributed by atoms with Gasteiger partial charge in [-0.3, -0.25) is 0 Å². The van der Waals surface area contributed by atoms with Crippen molar-refractivity contribution >= 4 is 23.4 Å². The molecule has 1 aliphatic heterocycles. The summed E-state index contributed by atoms with van der Waals surface area (Å²) in [5, 5.41) is 8.82. The minimum atomic E-state index is -0.167. The quantitative estimate of drug-likeness (QED) is 0.659. The van der Waals surface area contributed by atoms with Crippen molar-refractivity contribution in [2.45, 2.75) is 16.0 Å². The third-order valence-corrected chi connectivity index (χ3v) is 4.73. The van der Waals surface area contributed by atoms with Crippen LogP contribution in [-0.2, 0) is 5.75 Å². The van der Waals surface area contributed by atoms with Gasteiger partial charge in [0.05, 0.1) is 17.0 Å². The molecular weight excluding hydrogens is 262 g/mol. The van der Waals surface area contributed by atoms with Crippen LogP contribution >= 0.6 is 23.4 Å². The van der Waals surface area contributed by atoms with E-state index in [9.17, 15) is 0 Å². The van der Waals surface area contributed by atoms with Crippen molar-refractivity contribution in [3.8, 4) is 6.07 Å². The zero-order chi connectivity index (χ0) is 12.5. The molecule has 0 saturated heterocycles. The Hall–Kier alpha value is -1.43. The third kappa shape index (κ3) is 1.90. The van der Waals surface area contributed by atoms with E-state index in [4.69, 9.17) is 16.9 Å². The molecule has 18 heavy (non-hydrogen) atoms. The van der Waals surface area contributed by atoms with Gasteiger partial charge in [-0.25, -0.2) is 0 Å². The largest absolute Gasteiger partial charge is 0.192 e. The van der Waals surface area contributed by atoms with Crippen molar-refractivity contribution in [3.05, 3.63) is 64.7 Å². The number of rotatable bonds is 0. The molecule has 2 aromatic carbocycles. The lowest BCUT2D eigenvalue weighted by Gasteiger charge is -2.12. The number of nitriles is 1. The van der Waals surface area contributed by atoms with Crippen LogP contribution < -0.4 is 0 Å². The molecule has 0 amide bonds. The number of nitrogens with zero attached hydrogens (tertiary/aromatic N) is 1. The van der Waals surface area contributed by atoms with Crippen LogP contribution in [0.15, 0.2) is 47.4 Å². The number of alkyl halides is 1. The summed E-state index contributed by atoms with van der Waals surface area (Å²) in [5.74, 6) is 0.929. The van der Waals surface area contributed by atoms with E-state index in [1.807, 2.05) is 30.3 Å². The summed E-state index contributed by atoms with van der Waals surface area (Å²) in [6.45, 7) is 0. The summed E-state index contributed by atoms with van der Waals surface area (Å²) < 4.78 is 0. The SMILES string of the molecule is N#Cc1ccc2c(c1)C(Cl)c1ccccc1CS2. The molecule has 1 aliphatic rings. The minimum Gasteiger partial charge on any atom is -0.192 e. The highest BCUT2D eigenvalue weighted by Crippen LogP contribution is 2.42. The van der Waals surface area contributed by atoms with Crippen molar-refractivity contribution in [2.24, 2.45) is 0 Å². The fraction of sp³-hybridized carbons (Fsp3) is 0.133. The number of hydrogen-bond donors (Lipinski definition) is 0. The maximum Gasteiger partial charge on any atom is 0.0991 e. The van der Waals surface area contributed by atoms with E-state index < -0.39 is 0 Å². The second-order valence-electron chi connectivity index (χ2n) is 4.21. The van der Waals surface area contributed by atoms with Gasteiger partial charge in [0.25, 0.3) is 0 Å². The molecule has 1 nitrogen and oxygen atoms in total. The lowest BCUT2D eigenvalue weighted by molar-refractivity contribution is 1.07. The normalized spacial score (nSPS) is 17.2. The molecule has 0 spiro atoms. The van der Waals surface area contributed by atoms with E-state index >= 15 is 0 Å². The van der Waals surface area contributed by atoms with Gasteiger partial charge >= 0.3 is 0 Å². The Balaban J connectivity index is 2.18. The zero-order valence-corrected chi connectivity index (χ0v) is 11.1. The van der Waals surface area contributed by atoms with Crippen molar-refractivity contribution in [1.29, 1.82) is 5.26 Å². The number of benzene rings is 2. The molecule has 3 rings (SSSR count). The number of hydrogen-bond acceptors (Lipinski definition) is 2.